The van der Waals surface area contributed by atoms with E-state index < -0.39 is 6.10 Å². The zero-order valence-corrected chi connectivity index (χ0v) is 9.69. The highest BCUT2D eigenvalue weighted by Crippen LogP contribution is 2.24. The van der Waals surface area contributed by atoms with Crippen molar-refractivity contribution in [2.24, 2.45) is 5.11 Å². The van der Waals surface area contributed by atoms with E-state index in [4.69, 9.17) is 33.5 Å². The largest absolute Gasteiger partial charge is 0.491 e. The summed E-state index contributed by atoms with van der Waals surface area (Å²) in [4.78, 5) is 2.53. The third-order valence-electron chi connectivity index (χ3n) is 1.63. The van der Waals surface area contributed by atoms with E-state index in [1.165, 1.54) is 0 Å². The van der Waals surface area contributed by atoms with Crippen LogP contribution in [0.15, 0.2) is 23.3 Å². The zero-order valence-electron chi connectivity index (χ0n) is 8.18. The predicted octanol–water partition coefficient (Wildman–Crippen LogP) is 3.04. The van der Waals surface area contributed by atoms with Gasteiger partial charge in [0, 0.05) is 15.0 Å². The van der Waals surface area contributed by atoms with Crippen molar-refractivity contribution in [3.8, 4) is 5.75 Å². The molecule has 1 N–H and O–H groups in total. The number of aliphatic hydroxyl groups is 1. The third-order valence-corrected chi connectivity index (χ3v) is 2.07. The first-order chi connectivity index (χ1) is 7.61. The van der Waals surface area contributed by atoms with Crippen molar-refractivity contribution in [1.29, 1.82) is 0 Å². The molecule has 7 heteroatoms. The minimum Gasteiger partial charge on any atom is -0.491 e. The van der Waals surface area contributed by atoms with Crippen LogP contribution in [-0.4, -0.2) is 24.4 Å². The van der Waals surface area contributed by atoms with E-state index >= 15 is 0 Å². The summed E-state index contributed by atoms with van der Waals surface area (Å²) in [5.74, 6) is 0.456. The van der Waals surface area contributed by atoms with Crippen LogP contribution in [0.5, 0.6) is 5.75 Å². The molecule has 0 amide bonds. The smallest absolute Gasteiger partial charge is 0.122 e. The summed E-state index contributed by atoms with van der Waals surface area (Å²) in [6.07, 6.45) is -0.853. The monoisotopic (exact) mass is 261 g/mol. The maximum Gasteiger partial charge on any atom is 0.122 e. The molecule has 16 heavy (non-hydrogen) atoms. The van der Waals surface area contributed by atoms with Crippen LogP contribution >= 0.6 is 23.2 Å². The predicted molar refractivity (Wildman–Crippen MR) is 62.0 cm³/mol. The Balaban J connectivity index is 2.50. The molecule has 1 aromatic rings. The quantitative estimate of drug-likeness (QED) is 0.502. The summed E-state index contributed by atoms with van der Waals surface area (Å²) in [7, 11) is 0. The van der Waals surface area contributed by atoms with Crippen LogP contribution in [0.3, 0.4) is 0 Å². The molecule has 0 aliphatic rings. The van der Waals surface area contributed by atoms with Crippen molar-refractivity contribution < 1.29 is 9.84 Å². The summed E-state index contributed by atoms with van der Waals surface area (Å²) in [6, 6.07) is 4.73. The molecule has 0 spiro atoms. The van der Waals surface area contributed by atoms with Gasteiger partial charge >= 0.3 is 0 Å². The van der Waals surface area contributed by atoms with E-state index in [9.17, 15) is 5.11 Å². The lowest BCUT2D eigenvalue weighted by Gasteiger charge is -2.10. The lowest BCUT2D eigenvalue weighted by atomic mass is 10.3. The Labute approximate surface area is 102 Å². The Morgan fingerprint density at radius 1 is 1.38 bits per heavy atom. The van der Waals surface area contributed by atoms with Crippen molar-refractivity contribution in [3.05, 3.63) is 38.7 Å². The van der Waals surface area contributed by atoms with Crippen molar-refractivity contribution in [1.82, 2.24) is 0 Å². The van der Waals surface area contributed by atoms with Crippen LogP contribution in [-0.2, 0) is 0 Å². The van der Waals surface area contributed by atoms with Gasteiger partial charge in [0.1, 0.15) is 12.4 Å². The molecule has 0 aliphatic heterocycles. The summed E-state index contributed by atoms with van der Waals surface area (Å²) >= 11 is 11.5. The Morgan fingerprint density at radius 3 is 2.56 bits per heavy atom. The molecule has 1 atom stereocenters. The van der Waals surface area contributed by atoms with Crippen LogP contribution in [0.1, 0.15) is 0 Å². The second kappa shape index (κ2) is 6.45. The fourth-order valence-corrected chi connectivity index (χ4v) is 1.49. The molecule has 0 radical (unpaired) electrons. The summed E-state index contributed by atoms with van der Waals surface area (Å²) < 4.78 is 5.22. The molecule has 0 saturated carbocycles. The first-order valence-corrected chi connectivity index (χ1v) is 5.15. The first-order valence-electron chi connectivity index (χ1n) is 4.39. The van der Waals surface area contributed by atoms with Gasteiger partial charge < -0.3 is 9.84 Å². The Hall–Kier alpha value is -1.13. The van der Waals surface area contributed by atoms with Gasteiger partial charge in [0.05, 0.1) is 12.6 Å². The lowest BCUT2D eigenvalue weighted by Crippen LogP contribution is -2.20. The molecule has 1 rings (SSSR count). The fourth-order valence-electron chi connectivity index (χ4n) is 0.988. The van der Waals surface area contributed by atoms with E-state index in [2.05, 4.69) is 10.0 Å². The number of halogens is 2. The lowest BCUT2D eigenvalue weighted by molar-refractivity contribution is 0.114. The van der Waals surface area contributed by atoms with Gasteiger partial charge in [-0.2, -0.15) is 0 Å². The minimum atomic E-state index is -0.853. The van der Waals surface area contributed by atoms with E-state index in [1.54, 1.807) is 18.2 Å². The highest BCUT2D eigenvalue weighted by Gasteiger charge is 2.05. The molecule has 0 heterocycles. The molecule has 5 nitrogen and oxygen atoms in total. The van der Waals surface area contributed by atoms with Gasteiger partial charge in [0.15, 0.2) is 0 Å². The van der Waals surface area contributed by atoms with Crippen LogP contribution in [0.2, 0.25) is 10.0 Å². The highest BCUT2D eigenvalue weighted by atomic mass is 35.5. The second-order valence-electron chi connectivity index (χ2n) is 2.98. The maximum absolute atomic E-state index is 9.32. The Bertz CT molecular complexity index is 387. The maximum atomic E-state index is 9.32. The average Bonchev–Trinajstić information content (AvgIpc) is 2.22. The molecule has 0 fully saturated rings. The fraction of sp³-hybridized carbons (Fsp3) is 0.333. The standard InChI is InChI=1S/C9H9Cl2N3O2/c10-6-1-7(11)3-9(2-6)16-5-8(15)4-13-14-12/h1-3,8,15H,4-5H2. The van der Waals surface area contributed by atoms with Gasteiger partial charge in [0.25, 0.3) is 0 Å². The molecule has 86 valence electrons. The minimum absolute atomic E-state index is 0.00961. The van der Waals surface area contributed by atoms with Gasteiger partial charge in [-0.25, -0.2) is 0 Å². The Morgan fingerprint density at radius 2 is 2.00 bits per heavy atom. The number of hydrogen-bond acceptors (Lipinski definition) is 3. The van der Waals surface area contributed by atoms with Crippen LogP contribution < -0.4 is 4.74 Å². The summed E-state index contributed by atoms with van der Waals surface area (Å²) in [6.45, 7) is -0.0273. The van der Waals surface area contributed by atoms with Crippen molar-refractivity contribution in [3.63, 3.8) is 0 Å². The average molecular weight is 262 g/mol. The second-order valence-corrected chi connectivity index (χ2v) is 3.86. The Kier molecular flexibility index (Phi) is 5.22. The van der Waals surface area contributed by atoms with Gasteiger partial charge in [-0.05, 0) is 23.7 Å². The zero-order chi connectivity index (χ0) is 12.0. The molecule has 0 aliphatic carbocycles. The van der Waals surface area contributed by atoms with Gasteiger partial charge in [-0.1, -0.05) is 28.3 Å². The molecular weight excluding hydrogens is 253 g/mol. The van der Waals surface area contributed by atoms with Crippen molar-refractivity contribution in [2.75, 3.05) is 13.2 Å². The number of benzene rings is 1. The van der Waals surface area contributed by atoms with Crippen molar-refractivity contribution >= 4 is 23.2 Å². The molecule has 0 bridgehead atoms. The summed E-state index contributed by atoms with van der Waals surface area (Å²) in [5, 5.41) is 13.4. The van der Waals surface area contributed by atoms with E-state index in [0.29, 0.717) is 15.8 Å². The van der Waals surface area contributed by atoms with E-state index in [0.717, 1.165) is 0 Å². The van der Waals surface area contributed by atoms with Crippen LogP contribution in [0.4, 0.5) is 0 Å². The van der Waals surface area contributed by atoms with Crippen LogP contribution in [0, 0.1) is 0 Å². The van der Waals surface area contributed by atoms with Crippen LogP contribution in [0.25, 0.3) is 10.4 Å². The van der Waals surface area contributed by atoms with E-state index in [1.807, 2.05) is 0 Å². The number of rotatable bonds is 5. The number of aliphatic hydroxyl groups excluding tert-OH is 1. The molecule has 0 aromatic heterocycles. The number of hydrogen-bond donors (Lipinski definition) is 1. The number of nitrogens with zero attached hydrogens (tertiary/aromatic N) is 3. The molecule has 0 saturated heterocycles. The summed E-state index contributed by atoms with van der Waals surface area (Å²) in [5.41, 5.74) is 8.04. The van der Waals surface area contributed by atoms with E-state index in [-0.39, 0.29) is 13.2 Å². The normalized spacial score (nSPS) is 11.7. The topological polar surface area (TPSA) is 78.2 Å². The molecule has 1 unspecified atom stereocenters. The van der Waals surface area contributed by atoms with Gasteiger partial charge in [-0.3, -0.25) is 0 Å². The molecular formula is C9H9Cl2N3O2. The van der Waals surface area contributed by atoms with Crippen molar-refractivity contribution in [2.45, 2.75) is 6.10 Å². The molecule has 1 aromatic carbocycles. The number of azide groups is 1. The van der Waals surface area contributed by atoms with Gasteiger partial charge in [-0.15, -0.1) is 0 Å². The number of ether oxygens (including phenoxy) is 1. The SMILES string of the molecule is [N-]=[N+]=NCC(O)COc1cc(Cl)cc(Cl)c1. The third kappa shape index (κ3) is 4.59. The first kappa shape index (κ1) is 12.9. The highest BCUT2D eigenvalue weighted by molar-refractivity contribution is 6.34. The van der Waals surface area contributed by atoms with Gasteiger partial charge in [0.2, 0.25) is 0 Å².